The predicted octanol–water partition coefficient (Wildman–Crippen LogP) is 3.68. The molecule has 0 aromatic carbocycles. The molecule has 3 saturated carbocycles. The summed E-state index contributed by atoms with van der Waals surface area (Å²) in [6.07, 6.45) is 14.2. The van der Waals surface area contributed by atoms with E-state index in [9.17, 15) is 14.4 Å². The maximum absolute atomic E-state index is 10.7. The lowest BCUT2D eigenvalue weighted by Gasteiger charge is -2.15. The van der Waals surface area contributed by atoms with Gasteiger partial charge in [-0.1, -0.05) is 33.1 Å². The molecule has 0 spiro atoms. The Bertz CT molecular complexity index is 689. The van der Waals surface area contributed by atoms with Gasteiger partial charge in [0.25, 0.3) is 0 Å². The first kappa shape index (κ1) is 32.3. The highest BCUT2D eigenvalue weighted by Gasteiger charge is 2.40. The molecule has 210 valence electrons. The Morgan fingerprint density at radius 1 is 0.750 bits per heavy atom. The monoisotopic (exact) mass is 513 g/mol. The average Bonchev–Trinajstić information content (AvgIpc) is 3.70. The molecular weight excluding hydrogens is 462 g/mol. The molecule has 3 unspecified atom stereocenters. The minimum atomic E-state index is -0.748. The van der Waals surface area contributed by atoms with Crippen LogP contribution < -0.4 is 17.2 Å². The zero-order chi connectivity index (χ0) is 27.4. The molecule has 3 rings (SSSR count). The minimum Gasteiger partial charge on any atom is -0.481 e. The Hall–Kier alpha value is -1.71. The van der Waals surface area contributed by atoms with Crippen LogP contribution in [0.1, 0.15) is 97.3 Å². The number of carbonyl (C=O) groups is 3. The molecule has 9 heteroatoms. The lowest BCUT2D eigenvalue weighted by atomic mass is 9.92. The topological polar surface area (TPSA) is 190 Å². The normalized spacial score (nSPS) is 20.9. The van der Waals surface area contributed by atoms with Gasteiger partial charge < -0.3 is 32.5 Å². The van der Waals surface area contributed by atoms with Crippen molar-refractivity contribution < 1.29 is 29.7 Å². The van der Waals surface area contributed by atoms with E-state index in [1.54, 1.807) is 0 Å². The van der Waals surface area contributed by atoms with E-state index in [1.807, 2.05) is 0 Å². The summed E-state index contributed by atoms with van der Waals surface area (Å²) >= 11 is 0. The first-order chi connectivity index (χ1) is 16.9. The molecule has 3 atom stereocenters. The molecule has 0 aromatic heterocycles. The fourth-order valence-electron chi connectivity index (χ4n) is 4.29. The van der Waals surface area contributed by atoms with Crippen molar-refractivity contribution in [3.05, 3.63) is 0 Å². The van der Waals surface area contributed by atoms with Crippen LogP contribution in [-0.2, 0) is 14.4 Å². The van der Waals surface area contributed by atoms with Crippen molar-refractivity contribution >= 4 is 17.9 Å². The summed E-state index contributed by atoms with van der Waals surface area (Å²) < 4.78 is 0. The lowest BCUT2D eigenvalue weighted by Crippen LogP contribution is -2.24. The van der Waals surface area contributed by atoms with Crippen molar-refractivity contribution in [3.8, 4) is 0 Å². The van der Waals surface area contributed by atoms with Gasteiger partial charge in [-0.05, 0) is 81.0 Å². The smallest absolute Gasteiger partial charge is 0.307 e. The van der Waals surface area contributed by atoms with Crippen LogP contribution in [-0.4, -0.2) is 52.9 Å². The molecule has 0 heterocycles. The van der Waals surface area contributed by atoms with Crippen molar-refractivity contribution in [3.63, 3.8) is 0 Å². The van der Waals surface area contributed by atoms with Crippen LogP contribution in [0.2, 0.25) is 0 Å². The molecule has 9 nitrogen and oxygen atoms in total. The Morgan fingerprint density at radius 2 is 1.17 bits per heavy atom. The number of aliphatic carboxylic acids is 3. The number of hydrogen-bond donors (Lipinski definition) is 6. The summed E-state index contributed by atoms with van der Waals surface area (Å²) in [5.41, 5.74) is 17.0. The van der Waals surface area contributed by atoms with Crippen LogP contribution in [0.5, 0.6) is 0 Å². The quantitative estimate of drug-likeness (QED) is 0.179. The van der Waals surface area contributed by atoms with Crippen molar-refractivity contribution in [2.45, 2.75) is 97.3 Å². The van der Waals surface area contributed by atoms with E-state index in [0.717, 1.165) is 44.4 Å². The van der Waals surface area contributed by atoms with Crippen molar-refractivity contribution in [1.29, 1.82) is 0 Å². The van der Waals surface area contributed by atoms with Crippen molar-refractivity contribution in [2.75, 3.05) is 19.6 Å². The molecule has 3 aliphatic carbocycles. The standard InChI is InChI=1S/C10H19NO2.C9H17NO2.C8H15NO2/c1-2-10(5-6-10)4-3-8(7-11)9(12)13;1-9(4-5-9)3-2-7(6-10)8(11)12;9-5-7(8(10)11)4-3-6-1-2-6/h8H,2-7,11H2,1H3,(H,12,13);7H,2-6,10H2,1H3,(H,11,12);6-7H,1-5,9H2,(H,10,11). The van der Waals surface area contributed by atoms with Gasteiger partial charge in [0.05, 0.1) is 17.8 Å². The van der Waals surface area contributed by atoms with Crippen LogP contribution in [0, 0.1) is 34.5 Å². The van der Waals surface area contributed by atoms with Gasteiger partial charge in [0.15, 0.2) is 0 Å². The molecule has 0 aromatic rings. The summed E-state index contributed by atoms with van der Waals surface area (Å²) in [6.45, 7) is 5.22. The van der Waals surface area contributed by atoms with E-state index in [-0.39, 0.29) is 37.4 Å². The Kier molecular flexibility index (Phi) is 13.9. The van der Waals surface area contributed by atoms with E-state index in [0.29, 0.717) is 10.8 Å². The number of rotatable bonds is 16. The number of hydrogen-bond acceptors (Lipinski definition) is 6. The molecule has 0 amide bonds. The van der Waals surface area contributed by atoms with Gasteiger partial charge in [0.2, 0.25) is 0 Å². The maximum Gasteiger partial charge on any atom is 0.307 e. The Labute approximate surface area is 216 Å². The van der Waals surface area contributed by atoms with E-state index in [1.165, 1.54) is 44.9 Å². The van der Waals surface area contributed by atoms with Crippen LogP contribution in [0.25, 0.3) is 0 Å². The molecule has 36 heavy (non-hydrogen) atoms. The Morgan fingerprint density at radius 3 is 1.47 bits per heavy atom. The summed E-state index contributed by atoms with van der Waals surface area (Å²) in [7, 11) is 0. The second-order valence-electron chi connectivity index (χ2n) is 11.6. The third-order valence-electron chi connectivity index (χ3n) is 8.45. The van der Waals surface area contributed by atoms with Gasteiger partial charge in [0.1, 0.15) is 0 Å². The molecule has 0 radical (unpaired) electrons. The number of nitrogens with two attached hydrogens (primary N) is 3. The minimum absolute atomic E-state index is 0.269. The van der Waals surface area contributed by atoms with Crippen molar-refractivity contribution in [2.24, 2.45) is 51.7 Å². The predicted molar refractivity (Wildman–Crippen MR) is 140 cm³/mol. The molecular formula is C27H51N3O6. The molecule has 3 fully saturated rings. The summed E-state index contributed by atoms with van der Waals surface area (Å²) in [5.74, 6) is -2.39. The second-order valence-corrected chi connectivity index (χ2v) is 11.6. The molecule has 0 saturated heterocycles. The lowest BCUT2D eigenvalue weighted by molar-refractivity contribution is -0.142. The Balaban J connectivity index is 0.000000271. The molecule has 0 bridgehead atoms. The van der Waals surface area contributed by atoms with Gasteiger partial charge in [-0.15, -0.1) is 0 Å². The molecule has 9 N–H and O–H groups in total. The van der Waals surface area contributed by atoms with Crippen LogP contribution in [0.4, 0.5) is 0 Å². The average molecular weight is 514 g/mol. The van der Waals surface area contributed by atoms with E-state index >= 15 is 0 Å². The summed E-state index contributed by atoms with van der Waals surface area (Å²) in [4.78, 5) is 31.7. The van der Waals surface area contributed by atoms with E-state index in [4.69, 9.17) is 32.5 Å². The van der Waals surface area contributed by atoms with Gasteiger partial charge in [-0.3, -0.25) is 14.4 Å². The zero-order valence-electron chi connectivity index (χ0n) is 22.4. The fraction of sp³-hybridized carbons (Fsp3) is 0.889. The third kappa shape index (κ3) is 13.0. The second kappa shape index (κ2) is 15.5. The van der Waals surface area contributed by atoms with Gasteiger partial charge in [-0.2, -0.15) is 0 Å². The van der Waals surface area contributed by atoms with Crippen LogP contribution in [0.3, 0.4) is 0 Å². The molecule has 3 aliphatic rings. The van der Waals surface area contributed by atoms with E-state index < -0.39 is 17.9 Å². The number of carboxylic acid groups (broad SMARTS) is 3. The third-order valence-corrected chi connectivity index (χ3v) is 8.45. The first-order valence-electron chi connectivity index (χ1n) is 13.7. The van der Waals surface area contributed by atoms with Crippen LogP contribution in [0.15, 0.2) is 0 Å². The van der Waals surface area contributed by atoms with Crippen molar-refractivity contribution in [1.82, 2.24) is 0 Å². The van der Waals surface area contributed by atoms with Gasteiger partial charge in [-0.25, -0.2) is 0 Å². The summed E-state index contributed by atoms with van der Waals surface area (Å²) in [5, 5.41) is 26.1. The zero-order valence-corrected chi connectivity index (χ0v) is 22.4. The van der Waals surface area contributed by atoms with Gasteiger partial charge in [0, 0.05) is 19.6 Å². The highest BCUT2D eigenvalue weighted by atomic mass is 16.4. The first-order valence-corrected chi connectivity index (χ1v) is 13.7. The highest BCUT2D eigenvalue weighted by Crippen LogP contribution is 2.52. The fourth-order valence-corrected chi connectivity index (χ4v) is 4.29. The van der Waals surface area contributed by atoms with Crippen LogP contribution >= 0.6 is 0 Å². The SMILES string of the molecule is CC1(CCC(CN)C(=O)O)CC1.CCC1(CCC(CN)C(=O)O)CC1.NCC(CCC1CC1)C(=O)O. The maximum atomic E-state index is 10.7. The van der Waals surface area contributed by atoms with E-state index in [2.05, 4.69) is 13.8 Å². The largest absolute Gasteiger partial charge is 0.481 e. The molecule has 0 aliphatic heterocycles. The van der Waals surface area contributed by atoms with Gasteiger partial charge >= 0.3 is 17.9 Å². The number of carboxylic acids is 3. The highest BCUT2D eigenvalue weighted by molar-refractivity contribution is 5.70. The summed E-state index contributed by atoms with van der Waals surface area (Å²) in [6, 6.07) is 0.